The number of carbonyl (C=O) groups excluding carboxylic acids is 1. The third-order valence-corrected chi connectivity index (χ3v) is 5.11. The van der Waals surface area contributed by atoms with E-state index in [0.29, 0.717) is 30.8 Å². The fourth-order valence-corrected chi connectivity index (χ4v) is 3.19. The monoisotopic (exact) mass is 428 g/mol. The summed E-state index contributed by atoms with van der Waals surface area (Å²) in [6.07, 6.45) is 4.44. The summed E-state index contributed by atoms with van der Waals surface area (Å²) in [4.78, 5) is 33.1. The molecule has 2 aromatic heterocycles. The summed E-state index contributed by atoms with van der Waals surface area (Å²) in [5.41, 5.74) is 0.845. The van der Waals surface area contributed by atoms with Crippen LogP contribution >= 0.6 is 0 Å². The van der Waals surface area contributed by atoms with Gasteiger partial charge in [0.1, 0.15) is 30.6 Å². The molecule has 162 valence electrons. The molecule has 1 aliphatic rings. The van der Waals surface area contributed by atoms with Crippen LogP contribution in [-0.2, 0) is 18.4 Å². The molecule has 0 saturated heterocycles. The predicted molar refractivity (Wildman–Crippen MR) is 108 cm³/mol. The molecule has 0 unspecified atom stereocenters. The highest BCUT2D eigenvalue weighted by atomic mass is 19.1. The number of ether oxygens (including phenoxy) is 1. The van der Waals surface area contributed by atoms with E-state index in [1.807, 2.05) is 18.5 Å². The number of halogens is 1. The lowest BCUT2D eigenvalue weighted by Crippen LogP contribution is -2.39. The van der Waals surface area contributed by atoms with Gasteiger partial charge in [0.15, 0.2) is 5.82 Å². The van der Waals surface area contributed by atoms with Gasteiger partial charge >= 0.3 is 5.76 Å². The van der Waals surface area contributed by atoms with Gasteiger partial charge in [0.25, 0.3) is 0 Å². The summed E-state index contributed by atoms with van der Waals surface area (Å²) in [5.74, 6) is 0.0522. The lowest BCUT2D eigenvalue weighted by atomic mass is 9.89. The minimum absolute atomic E-state index is 0.0446. The van der Waals surface area contributed by atoms with Gasteiger partial charge in [-0.15, -0.1) is 5.10 Å². The summed E-state index contributed by atoms with van der Waals surface area (Å²) < 4.78 is 27.2. The standard InChI is InChI=1S/C20H21FN6O4/c1-13-19(22-10-25(13)2)23-11-26(12-28)9-18-24-27(20(29)31-18)15-7-17(8-15)30-16-5-3-4-14(21)6-16/h3-6,10-12,15,17H,7-9H2,1-2H3/b23-11-. The Morgan fingerprint density at radius 2 is 2.23 bits per heavy atom. The van der Waals surface area contributed by atoms with Crippen LogP contribution in [0.4, 0.5) is 10.2 Å². The Kier molecular flexibility index (Phi) is 5.65. The molecule has 31 heavy (non-hydrogen) atoms. The number of hydrogen-bond donors (Lipinski definition) is 0. The summed E-state index contributed by atoms with van der Waals surface area (Å²) in [7, 11) is 1.84. The van der Waals surface area contributed by atoms with E-state index in [-0.39, 0.29) is 30.4 Å². The summed E-state index contributed by atoms with van der Waals surface area (Å²) >= 11 is 0. The quantitative estimate of drug-likeness (QED) is 0.309. The molecule has 1 aromatic carbocycles. The number of aromatic nitrogens is 4. The molecule has 0 bridgehead atoms. The second-order valence-corrected chi connectivity index (χ2v) is 7.32. The first-order valence-electron chi connectivity index (χ1n) is 9.67. The van der Waals surface area contributed by atoms with E-state index in [0.717, 1.165) is 5.69 Å². The molecule has 1 fully saturated rings. The van der Waals surface area contributed by atoms with Gasteiger partial charge in [-0.1, -0.05) is 6.07 Å². The first-order valence-corrected chi connectivity index (χ1v) is 9.67. The van der Waals surface area contributed by atoms with Gasteiger partial charge in [-0.3, -0.25) is 9.69 Å². The molecule has 4 rings (SSSR count). The molecule has 10 nitrogen and oxygen atoms in total. The third kappa shape index (κ3) is 4.55. The molecule has 1 saturated carbocycles. The van der Waals surface area contributed by atoms with Crippen LogP contribution in [0.1, 0.15) is 30.5 Å². The lowest BCUT2D eigenvalue weighted by Gasteiger charge is -2.34. The Balaban J connectivity index is 1.36. The van der Waals surface area contributed by atoms with Gasteiger partial charge in [0, 0.05) is 26.0 Å². The number of aryl methyl sites for hydroxylation is 1. The van der Waals surface area contributed by atoms with Gasteiger partial charge in [-0.2, -0.15) is 4.68 Å². The number of nitrogens with zero attached hydrogens (tertiary/aromatic N) is 6. The van der Waals surface area contributed by atoms with Crippen molar-refractivity contribution in [2.24, 2.45) is 12.0 Å². The van der Waals surface area contributed by atoms with Crippen LogP contribution in [0.5, 0.6) is 5.75 Å². The Morgan fingerprint density at radius 3 is 2.90 bits per heavy atom. The van der Waals surface area contributed by atoms with E-state index in [2.05, 4.69) is 15.1 Å². The highest BCUT2D eigenvalue weighted by molar-refractivity contribution is 5.74. The zero-order valence-electron chi connectivity index (χ0n) is 17.0. The van der Waals surface area contributed by atoms with E-state index in [1.165, 1.54) is 28.1 Å². The van der Waals surface area contributed by atoms with Crippen molar-refractivity contribution in [3.63, 3.8) is 0 Å². The molecule has 11 heteroatoms. The smallest absolute Gasteiger partial charge is 0.437 e. The van der Waals surface area contributed by atoms with Gasteiger partial charge in [-0.25, -0.2) is 19.2 Å². The molecule has 3 aromatic rings. The molecule has 2 heterocycles. The van der Waals surface area contributed by atoms with Crippen molar-refractivity contribution in [2.45, 2.75) is 38.5 Å². The Hall–Kier alpha value is -3.76. The second-order valence-electron chi connectivity index (χ2n) is 7.32. The minimum Gasteiger partial charge on any atom is -0.490 e. The largest absolute Gasteiger partial charge is 0.490 e. The molecule has 0 spiro atoms. The number of rotatable bonds is 8. The summed E-state index contributed by atoms with van der Waals surface area (Å²) in [6, 6.07) is 5.73. The van der Waals surface area contributed by atoms with Crippen molar-refractivity contribution in [1.82, 2.24) is 24.2 Å². The predicted octanol–water partition coefficient (Wildman–Crippen LogP) is 2.12. The van der Waals surface area contributed by atoms with Crippen molar-refractivity contribution in [3.05, 3.63) is 58.5 Å². The van der Waals surface area contributed by atoms with E-state index >= 15 is 0 Å². The number of aliphatic imine (C=N–C) groups is 1. The van der Waals surface area contributed by atoms with Crippen LogP contribution in [0.15, 0.2) is 44.8 Å². The fourth-order valence-electron chi connectivity index (χ4n) is 3.19. The van der Waals surface area contributed by atoms with Gasteiger partial charge in [0.2, 0.25) is 12.3 Å². The van der Waals surface area contributed by atoms with Crippen molar-refractivity contribution < 1.29 is 18.3 Å². The summed E-state index contributed by atoms with van der Waals surface area (Å²) in [5, 5.41) is 4.19. The second kappa shape index (κ2) is 8.54. The van der Waals surface area contributed by atoms with Gasteiger partial charge < -0.3 is 13.7 Å². The molecule has 1 amide bonds. The number of imidazole rings is 1. The molecule has 0 N–H and O–H groups in total. The van der Waals surface area contributed by atoms with Crippen LogP contribution in [-0.4, -0.2) is 43.1 Å². The molecular formula is C20H21FN6O4. The Labute approximate surface area is 176 Å². The Bertz CT molecular complexity index is 1160. The molecule has 0 aliphatic heterocycles. The van der Waals surface area contributed by atoms with Crippen molar-refractivity contribution in [1.29, 1.82) is 0 Å². The van der Waals surface area contributed by atoms with Crippen molar-refractivity contribution in [3.8, 4) is 5.75 Å². The van der Waals surface area contributed by atoms with E-state index in [1.54, 1.807) is 18.5 Å². The number of hydrogen-bond acceptors (Lipinski definition) is 7. The number of carbonyl (C=O) groups is 1. The Morgan fingerprint density at radius 1 is 1.42 bits per heavy atom. The molecule has 0 atom stereocenters. The maximum Gasteiger partial charge on any atom is 0.437 e. The van der Waals surface area contributed by atoms with Crippen LogP contribution in [0.3, 0.4) is 0 Å². The first-order chi connectivity index (χ1) is 14.9. The fraction of sp³-hybridized carbons (Fsp3) is 0.350. The normalized spacial score (nSPS) is 18.2. The number of benzene rings is 1. The van der Waals surface area contributed by atoms with Crippen LogP contribution in [0.25, 0.3) is 0 Å². The maximum absolute atomic E-state index is 13.3. The molecular weight excluding hydrogens is 407 g/mol. The maximum atomic E-state index is 13.3. The van der Waals surface area contributed by atoms with Crippen LogP contribution in [0.2, 0.25) is 0 Å². The van der Waals surface area contributed by atoms with Crippen LogP contribution in [0, 0.1) is 12.7 Å². The van der Waals surface area contributed by atoms with Gasteiger partial charge in [0.05, 0.1) is 18.1 Å². The highest BCUT2D eigenvalue weighted by Crippen LogP contribution is 2.34. The lowest BCUT2D eigenvalue weighted by molar-refractivity contribution is -0.115. The first kappa shape index (κ1) is 20.5. The van der Waals surface area contributed by atoms with Gasteiger partial charge in [-0.05, 0) is 19.1 Å². The van der Waals surface area contributed by atoms with E-state index in [4.69, 9.17) is 9.15 Å². The average molecular weight is 428 g/mol. The van der Waals surface area contributed by atoms with Crippen LogP contribution < -0.4 is 10.5 Å². The van der Waals surface area contributed by atoms with E-state index < -0.39 is 5.76 Å². The molecule has 1 aliphatic carbocycles. The SMILES string of the molecule is Cc1c(/N=C\N(C=O)Cc2nn(C3CC(Oc4cccc(F)c4)C3)c(=O)o2)ncn1C. The molecule has 0 radical (unpaired) electrons. The third-order valence-electron chi connectivity index (χ3n) is 5.11. The minimum atomic E-state index is -0.604. The average Bonchev–Trinajstić information content (AvgIpc) is 3.23. The van der Waals surface area contributed by atoms with E-state index in [9.17, 15) is 14.0 Å². The number of amides is 1. The van der Waals surface area contributed by atoms with Crippen molar-refractivity contribution in [2.75, 3.05) is 0 Å². The van der Waals surface area contributed by atoms with Crippen molar-refractivity contribution >= 4 is 18.6 Å². The zero-order valence-corrected chi connectivity index (χ0v) is 17.0. The topological polar surface area (TPSA) is 108 Å². The highest BCUT2D eigenvalue weighted by Gasteiger charge is 2.35. The zero-order chi connectivity index (χ0) is 22.0. The summed E-state index contributed by atoms with van der Waals surface area (Å²) in [6.45, 7) is 1.81.